The molecule has 0 bridgehead atoms. The van der Waals surface area contributed by atoms with Crippen molar-refractivity contribution in [3.8, 4) is 5.75 Å². The molecule has 2 amide bonds. The lowest BCUT2D eigenvalue weighted by molar-refractivity contribution is -0.136. The number of esters is 1. The number of aryl methyl sites for hydroxylation is 1. The summed E-state index contributed by atoms with van der Waals surface area (Å²) in [4.78, 5) is 40.4. The number of hydrogen-bond acceptors (Lipinski definition) is 7. The van der Waals surface area contributed by atoms with E-state index >= 15 is 0 Å². The molecule has 0 aromatic heterocycles. The summed E-state index contributed by atoms with van der Waals surface area (Å²) in [5.41, 5.74) is 1.90. The Morgan fingerprint density at radius 3 is 2.43 bits per heavy atom. The Bertz CT molecular complexity index is 1050. The lowest BCUT2D eigenvalue weighted by Crippen LogP contribution is -2.39. The Hall–Kier alpha value is -3.68. The first-order valence-corrected chi connectivity index (χ1v) is 9.60. The van der Waals surface area contributed by atoms with Crippen molar-refractivity contribution in [1.82, 2.24) is 0 Å². The second-order valence-corrected chi connectivity index (χ2v) is 6.99. The number of carbonyl (C=O) groups is 3. The van der Waals surface area contributed by atoms with Crippen molar-refractivity contribution < 1.29 is 23.9 Å². The van der Waals surface area contributed by atoms with Crippen molar-refractivity contribution in [2.45, 2.75) is 19.9 Å². The van der Waals surface area contributed by atoms with Crippen molar-refractivity contribution in [1.29, 1.82) is 0 Å². The zero-order valence-electron chi connectivity index (χ0n) is 16.9. The predicted molar refractivity (Wildman–Crippen MR) is 110 cm³/mol. The number of hydrogen-bond donors (Lipinski definition) is 0. The minimum absolute atomic E-state index is 0.0711. The SMILES string of the molecule is CCOC(=O)C1=NN(c2ccc(C)cc2)[C@@H]2C(=O)N(c3ccccc3OC)C(=O)[C@H]12. The number of para-hydroxylation sites is 2. The summed E-state index contributed by atoms with van der Waals surface area (Å²) in [5, 5.41) is 5.77. The van der Waals surface area contributed by atoms with Gasteiger partial charge in [-0.25, -0.2) is 9.69 Å². The van der Waals surface area contributed by atoms with E-state index in [0.717, 1.165) is 10.5 Å². The summed E-state index contributed by atoms with van der Waals surface area (Å²) in [6.45, 7) is 3.75. The van der Waals surface area contributed by atoms with Gasteiger partial charge in [-0.15, -0.1) is 0 Å². The molecule has 2 aliphatic heterocycles. The number of ether oxygens (including phenoxy) is 2. The number of nitrogens with zero attached hydrogens (tertiary/aromatic N) is 3. The molecule has 4 rings (SSSR count). The third-order valence-corrected chi connectivity index (χ3v) is 5.16. The van der Waals surface area contributed by atoms with E-state index in [-0.39, 0.29) is 12.3 Å². The summed E-state index contributed by atoms with van der Waals surface area (Å²) < 4.78 is 10.4. The highest BCUT2D eigenvalue weighted by Crippen LogP contribution is 2.40. The predicted octanol–water partition coefficient (Wildman–Crippen LogP) is 2.30. The molecule has 1 fully saturated rings. The number of hydrazone groups is 1. The fraction of sp³-hybridized carbons (Fsp3) is 0.273. The van der Waals surface area contributed by atoms with Gasteiger partial charge in [-0.05, 0) is 38.1 Å². The fourth-order valence-electron chi connectivity index (χ4n) is 3.75. The Balaban J connectivity index is 1.81. The maximum Gasteiger partial charge on any atom is 0.355 e. The van der Waals surface area contributed by atoms with Gasteiger partial charge in [-0.2, -0.15) is 5.10 Å². The van der Waals surface area contributed by atoms with Crippen LogP contribution in [-0.4, -0.2) is 43.3 Å². The van der Waals surface area contributed by atoms with Crippen LogP contribution >= 0.6 is 0 Å². The van der Waals surface area contributed by atoms with Crippen molar-refractivity contribution in [2.75, 3.05) is 23.6 Å². The highest BCUT2D eigenvalue weighted by atomic mass is 16.5. The summed E-state index contributed by atoms with van der Waals surface area (Å²) in [6.07, 6.45) is 0. The highest BCUT2D eigenvalue weighted by molar-refractivity contribution is 6.47. The number of methoxy groups -OCH3 is 1. The molecule has 154 valence electrons. The van der Waals surface area contributed by atoms with Crippen molar-refractivity contribution >= 4 is 34.9 Å². The molecule has 0 unspecified atom stereocenters. The maximum atomic E-state index is 13.4. The summed E-state index contributed by atoms with van der Waals surface area (Å²) in [7, 11) is 1.47. The smallest absolute Gasteiger partial charge is 0.355 e. The van der Waals surface area contributed by atoms with Crippen LogP contribution in [0.3, 0.4) is 0 Å². The quantitative estimate of drug-likeness (QED) is 0.558. The van der Waals surface area contributed by atoms with E-state index in [9.17, 15) is 14.4 Å². The second kappa shape index (κ2) is 7.62. The van der Waals surface area contributed by atoms with Crippen LogP contribution in [0.15, 0.2) is 53.6 Å². The van der Waals surface area contributed by atoms with Gasteiger partial charge < -0.3 is 9.47 Å². The van der Waals surface area contributed by atoms with Gasteiger partial charge in [0.1, 0.15) is 17.7 Å². The molecule has 1 saturated heterocycles. The molecule has 8 nitrogen and oxygen atoms in total. The van der Waals surface area contributed by atoms with E-state index in [1.165, 1.54) is 12.1 Å². The van der Waals surface area contributed by atoms with Gasteiger partial charge in [0.15, 0.2) is 5.71 Å². The maximum absolute atomic E-state index is 13.4. The largest absolute Gasteiger partial charge is 0.495 e. The molecule has 0 aliphatic carbocycles. The second-order valence-electron chi connectivity index (χ2n) is 6.99. The first-order chi connectivity index (χ1) is 14.5. The number of carbonyl (C=O) groups excluding carboxylic acids is 3. The van der Waals surface area contributed by atoms with Crippen LogP contribution in [0.25, 0.3) is 0 Å². The molecule has 0 N–H and O–H groups in total. The van der Waals surface area contributed by atoms with E-state index < -0.39 is 29.7 Å². The molecule has 0 saturated carbocycles. The lowest BCUT2D eigenvalue weighted by Gasteiger charge is -2.23. The van der Waals surface area contributed by atoms with Gasteiger partial charge >= 0.3 is 5.97 Å². The third kappa shape index (κ3) is 3.01. The zero-order chi connectivity index (χ0) is 21.4. The summed E-state index contributed by atoms with van der Waals surface area (Å²) in [6, 6.07) is 13.1. The van der Waals surface area contributed by atoms with Crippen molar-refractivity contribution in [2.24, 2.45) is 11.0 Å². The number of rotatable bonds is 5. The van der Waals surface area contributed by atoms with E-state index in [1.54, 1.807) is 43.3 Å². The molecule has 8 heteroatoms. The highest BCUT2D eigenvalue weighted by Gasteiger charge is 2.59. The Kier molecular flexibility index (Phi) is 4.99. The topological polar surface area (TPSA) is 88.5 Å². The first-order valence-electron chi connectivity index (χ1n) is 9.60. The van der Waals surface area contributed by atoms with Crippen molar-refractivity contribution in [3.63, 3.8) is 0 Å². The molecular formula is C22H21N3O5. The van der Waals surface area contributed by atoms with Crippen LogP contribution in [0.2, 0.25) is 0 Å². The number of anilines is 2. The normalized spacial score (nSPS) is 20.3. The van der Waals surface area contributed by atoms with Crippen LogP contribution in [0.5, 0.6) is 5.75 Å². The molecule has 2 aromatic rings. The molecule has 30 heavy (non-hydrogen) atoms. The lowest BCUT2D eigenvalue weighted by atomic mass is 9.97. The standard InChI is InChI=1S/C22H21N3O5/c1-4-30-22(28)18-17-19(25(23-18)14-11-9-13(2)10-12-14)21(27)24(20(17)26)15-7-5-6-8-16(15)29-3/h5-12,17,19H,4H2,1-3H3/t17-,19+/m1/s1. The zero-order valence-corrected chi connectivity index (χ0v) is 16.9. The first kappa shape index (κ1) is 19.6. The van der Waals surface area contributed by atoms with Gasteiger partial charge in [0.2, 0.25) is 5.91 Å². The molecule has 2 aliphatic rings. The monoisotopic (exact) mass is 407 g/mol. The number of imide groups is 1. The number of fused-ring (bicyclic) bond motifs is 1. The molecule has 0 spiro atoms. The Labute approximate surface area is 173 Å². The Morgan fingerprint density at radius 1 is 1.07 bits per heavy atom. The van der Waals surface area contributed by atoms with Gasteiger partial charge in [-0.1, -0.05) is 29.8 Å². The number of benzene rings is 2. The minimum atomic E-state index is -1.05. The molecule has 2 atom stereocenters. The van der Waals surface area contributed by atoms with Crippen LogP contribution in [-0.2, 0) is 19.1 Å². The minimum Gasteiger partial charge on any atom is -0.495 e. The van der Waals surface area contributed by atoms with Gasteiger partial charge in [0.25, 0.3) is 5.91 Å². The molecule has 2 aromatic carbocycles. The Morgan fingerprint density at radius 2 is 1.77 bits per heavy atom. The van der Waals surface area contributed by atoms with Crippen LogP contribution in [0.4, 0.5) is 11.4 Å². The van der Waals surface area contributed by atoms with Crippen molar-refractivity contribution in [3.05, 3.63) is 54.1 Å². The summed E-state index contributed by atoms with van der Waals surface area (Å²) in [5.74, 6) is -2.38. The van der Waals surface area contributed by atoms with Gasteiger partial charge in [0.05, 0.1) is 25.1 Å². The molecular weight excluding hydrogens is 386 g/mol. The van der Waals surface area contributed by atoms with E-state index in [0.29, 0.717) is 17.1 Å². The van der Waals surface area contributed by atoms with E-state index in [1.807, 2.05) is 19.1 Å². The third-order valence-electron chi connectivity index (χ3n) is 5.16. The van der Waals surface area contributed by atoms with Crippen LogP contribution < -0.4 is 14.6 Å². The van der Waals surface area contributed by atoms with E-state index in [4.69, 9.17) is 9.47 Å². The van der Waals surface area contributed by atoms with Crippen LogP contribution in [0, 0.1) is 12.8 Å². The fourth-order valence-corrected chi connectivity index (χ4v) is 3.75. The average molecular weight is 407 g/mol. The molecule has 0 radical (unpaired) electrons. The average Bonchev–Trinajstić information content (AvgIpc) is 3.26. The molecule has 2 heterocycles. The van der Waals surface area contributed by atoms with Crippen LogP contribution in [0.1, 0.15) is 12.5 Å². The van der Waals surface area contributed by atoms with E-state index in [2.05, 4.69) is 5.10 Å². The summed E-state index contributed by atoms with van der Waals surface area (Å²) >= 11 is 0. The number of amides is 2. The van der Waals surface area contributed by atoms with Gasteiger partial charge in [0, 0.05) is 0 Å². The van der Waals surface area contributed by atoms with Gasteiger partial charge in [-0.3, -0.25) is 14.6 Å².